The van der Waals surface area contributed by atoms with Gasteiger partial charge >= 0.3 is 0 Å². The average molecular weight is 176 g/mol. The maximum absolute atomic E-state index is 11.7. The fourth-order valence-electron chi connectivity index (χ4n) is 1.67. The standard InChI is InChI=1S/C8H8N4O/c13-7-5-2-1-3-6-10-8(9-4-5)12(7)11-6/h4H,1-3H2,(H,9,10,11). The Morgan fingerprint density at radius 2 is 2.38 bits per heavy atom. The van der Waals surface area contributed by atoms with E-state index in [1.165, 1.54) is 4.52 Å². The molecule has 3 heterocycles. The van der Waals surface area contributed by atoms with E-state index < -0.39 is 0 Å². The summed E-state index contributed by atoms with van der Waals surface area (Å²) in [5, 5.41) is 2.94. The fraction of sp³-hybridized carbons (Fsp3) is 0.375. The van der Waals surface area contributed by atoms with Crippen molar-refractivity contribution in [3.05, 3.63) is 27.9 Å². The van der Waals surface area contributed by atoms with Crippen LogP contribution in [0.5, 0.6) is 0 Å². The van der Waals surface area contributed by atoms with Crippen LogP contribution in [0.15, 0.2) is 11.0 Å². The Kier molecular flexibility index (Phi) is 1.15. The molecule has 3 bridgehead atoms. The van der Waals surface area contributed by atoms with Crippen LogP contribution in [0.4, 0.5) is 0 Å². The molecule has 5 heteroatoms. The molecule has 0 aromatic carbocycles. The number of rotatable bonds is 0. The summed E-state index contributed by atoms with van der Waals surface area (Å²) < 4.78 is 1.42. The molecule has 0 amide bonds. The lowest BCUT2D eigenvalue weighted by Gasteiger charge is -2.01. The molecule has 3 rings (SSSR count). The number of aryl methyl sites for hydroxylation is 2. The van der Waals surface area contributed by atoms with E-state index in [1.807, 2.05) is 0 Å². The summed E-state index contributed by atoms with van der Waals surface area (Å²) in [6.07, 6.45) is 4.28. The number of aromatic amines is 1. The van der Waals surface area contributed by atoms with E-state index in [0.29, 0.717) is 5.78 Å². The average Bonchev–Trinajstić information content (AvgIpc) is 2.56. The summed E-state index contributed by atoms with van der Waals surface area (Å²) in [6.45, 7) is 0. The van der Waals surface area contributed by atoms with Crippen molar-refractivity contribution in [1.82, 2.24) is 19.6 Å². The summed E-state index contributed by atoms with van der Waals surface area (Å²) in [4.78, 5) is 19.9. The molecule has 5 nitrogen and oxygen atoms in total. The van der Waals surface area contributed by atoms with Crippen LogP contribution < -0.4 is 5.56 Å². The molecule has 2 aromatic rings. The highest BCUT2D eigenvalue weighted by Crippen LogP contribution is 2.06. The third-order valence-corrected chi connectivity index (χ3v) is 2.35. The predicted octanol–water partition coefficient (Wildman–Crippen LogP) is -0.0937. The van der Waals surface area contributed by atoms with E-state index in [4.69, 9.17) is 0 Å². The van der Waals surface area contributed by atoms with E-state index >= 15 is 0 Å². The minimum absolute atomic E-state index is 0.0107. The largest absolute Gasteiger partial charge is 0.277 e. The van der Waals surface area contributed by atoms with Crippen LogP contribution in [0.25, 0.3) is 5.78 Å². The molecule has 0 spiro atoms. The van der Waals surface area contributed by atoms with Crippen LogP contribution in [-0.2, 0) is 12.8 Å². The van der Waals surface area contributed by atoms with Crippen LogP contribution in [0.1, 0.15) is 17.8 Å². The van der Waals surface area contributed by atoms with Gasteiger partial charge in [0.05, 0.1) is 0 Å². The first-order valence-corrected chi connectivity index (χ1v) is 4.30. The Morgan fingerprint density at radius 3 is 3.31 bits per heavy atom. The zero-order chi connectivity index (χ0) is 8.84. The Hall–Kier alpha value is -1.65. The van der Waals surface area contributed by atoms with Crippen LogP contribution in [0, 0.1) is 0 Å². The second kappa shape index (κ2) is 2.18. The molecule has 0 unspecified atom stereocenters. The van der Waals surface area contributed by atoms with Gasteiger partial charge in [0, 0.05) is 18.2 Å². The smallest absolute Gasteiger partial charge is 0.275 e. The van der Waals surface area contributed by atoms with Gasteiger partial charge in [-0.25, -0.2) is 4.98 Å². The fourth-order valence-corrected chi connectivity index (χ4v) is 1.67. The normalized spacial score (nSPS) is 15.1. The maximum Gasteiger partial charge on any atom is 0.277 e. The highest BCUT2D eigenvalue weighted by Gasteiger charge is 2.12. The molecule has 0 aliphatic carbocycles. The van der Waals surface area contributed by atoms with Gasteiger partial charge in [-0.15, -0.1) is 0 Å². The first-order chi connectivity index (χ1) is 6.34. The van der Waals surface area contributed by atoms with Crippen molar-refractivity contribution in [2.45, 2.75) is 19.3 Å². The molecule has 0 saturated heterocycles. The van der Waals surface area contributed by atoms with E-state index in [-0.39, 0.29) is 5.56 Å². The van der Waals surface area contributed by atoms with Crippen molar-refractivity contribution in [2.24, 2.45) is 0 Å². The van der Waals surface area contributed by atoms with Crippen LogP contribution in [-0.4, -0.2) is 19.6 Å². The van der Waals surface area contributed by atoms with Crippen molar-refractivity contribution in [2.75, 3.05) is 0 Å². The van der Waals surface area contributed by atoms with Gasteiger partial charge < -0.3 is 0 Å². The van der Waals surface area contributed by atoms with Gasteiger partial charge in [0.1, 0.15) is 5.82 Å². The number of hydrogen-bond acceptors (Lipinski definition) is 3. The Balaban J connectivity index is 2.55. The van der Waals surface area contributed by atoms with E-state index in [2.05, 4.69) is 15.1 Å². The van der Waals surface area contributed by atoms with E-state index in [9.17, 15) is 4.79 Å². The SMILES string of the molecule is O=c1c2cnc3nc([nH]n13)CCC2. The molecule has 66 valence electrons. The molecule has 1 aliphatic rings. The molecule has 0 saturated carbocycles. The van der Waals surface area contributed by atoms with E-state index in [0.717, 1.165) is 30.7 Å². The molecular weight excluding hydrogens is 168 g/mol. The minimum Gasteiger partial charge on any atom is -0.275 e. The van der Waals surface area contributed by atoms with Crippen LogP contribution >= 0.6 is 0 Å². The van der Waals surface area contributed by atoms with E-state index in [1.54, 1.807) is 6.20 Å². The predicted molar refractivity (Wildman–Crippen MR) is 45.6 cm³/mol. The zero-order valence-electron chi connectivity index (χ0n) is 6.95. The Morgan fingerprint density at radius 1 is 1.46 bits per heavy atom. The first-order valence-electron chi connectivity index (χ1n) is 4.30. The van der Waals surface area contributed by atoms with Gasteiger partial charge in [-0.1, -0.05) is 0 Å². The molecule has 0 fully saturated rings. The van der Waals surface area contributed by atoms with Gasteiger partial charge in [-0.05, 0) is 12.8 Å². The van der Waals surface area contributed by atoms with Gasteiger partial charge in [0.2, 0.25) is 0 Å². The quantitative estimate of drug-likeness (QED) is 0.610. The summed E-state index contributed by atoms with van der Waals surface area (Å²) >= 11 is 0. The number of nitrogens with one attached hydrogen (secondary N) is 1. The molecule has 0 atom stereocenters. The summed E-state index contributed by atoms with van der Waals surface area (Å²) in [7, 11) is 0. The van der Waals surface area contributed by atoms with Gasteiger partial charge in [-0.2, -0.15) is 9.50 Å². The van der Waals surface area contributed by atoms with Gasteiger partial charge in [0.15, 0.2) is 0 Å². The number of aromatic nitrogens is 4. The minimum atomic E-state index is -0.0107. The van der Waals surface area contributed by atoms with Crippen molar-refractivity contribution in [1.29, 1.82) is 0 Å². The molecule has 13 heavy (non-hydrogen) atoms. The monoisotopic (exact) mass is 176 g/mol. The lowest BCUT2D eigenvalue weighted by atomic mass is 10.1. The Bertz CT molecular complexity index is 524. The third kappa shape index (κ3) is 0.838. The maximum atomic E-state index is 11.7. The number of nitrogens with zero attached hydrogens (tertiary/aromatic N) is 3. The molecule has 0 radical (unpaired) electrons. The highest BCUT2D eigenvalue weighted by molar-refractivity contribution is 5.28. The van der Waals surface area contributed by atoms with Crippen LogP contribution in [0.2, 0.25) is 0 Å². The number of H-pyrrole nitrogens is 1. The zero-order valence-corrected chi connectivity index (χ0v) is 6.95. The highest BCUT2D eigenvalue weighted by atomic mass is 16.1. The summed E-state index contributed by atoms with van der Waals surface area (Å²) in [5.74, 6) is 1.33. The topological polar surface area (TPSA) is 63.0 Å². The lowest BCUT2D eigenvalue weighted by Crippen LogP contribution is -2.20. The van der Waals surface area contributed by atoms with Crippen molar-refractivity contribution in [3.8, 4) is 0 Å². The van der Waals surface area contributed by atoms with Crippen molar-refractivity contribution < 1.29 is 0 Å². The van der Waals surface area contributed by atoms with Gasteiger partial charge in [0.25, 0.3) is 11.3 Å². The van der Waals surface area contributed by atoms with Crippen molar-refractivity contribution in [3.63, 3.8) is 0 Å². The summed E-state index contributed by atoms with van der Waals surface area (Å²) in [6, 6.07) is 0. The second-order valence-electron chi connectivity index (χ2n) is 3.25. The lowest BCUT2D eigenvalue weighted by molar-refractivity contribution is 0.720. The molecule has 1 N–H and O–H groups in total. The number of fused-ring (bicyclic) bond motifs is 2. The first kappa shape index (κ1) is 6.82. The van der Waals surface area contributed by atoms with Gasteiger partial charge in [-0.3, -0.25) is 9.89 Å². The molecule has 2 aromatic heterocycles. The van der Waals surface area contributed by atoms with Crippen LogP contribution in [0.3, 0.4) is 0 Å². The number of hydrogen-bond donors (Lipinski definition) is 1. The molecular formula is C8H8N4O. The van der Waals surface area contributed by atoms with Crippen molar-refractivity contribution >= 4 is 5.78 Å². The second-order valence-corrected chi connectivity index (χ2v) is 3.25. The third-order valence-electron chi connectivity index (χ3n) is 2.35. The summed E-state index contributed by atoms with van der Waals surface area (Å²) in [5.41, 5.74) is 0.760. The Labute approximate surface area is 73.4 Å². The molecule has 1 aliphatic heterocycles.